The minimum atomic E-state index is 0.0252. The Kier molecular flexibility index (Phi) is 16.0. The van der Waals surface area contributed by atoms with Gasteiger partial charge < -0.3 is 20.3 Å². The number of unbranched alkanes of at least 4 members (excludes halogenated alkanes) is 2. The minimum absolute atomic E-state index is 0.0252. The number of carbonyl (C=O) groups excluding carboxylic acids is 1. The van der Waals surface area contributed by atoms with Crippen LogP contribution in [0, 0.1) is 5.41 Å². The normalized spacial score (nSPS) is 12.5. The van der Waals surface area contributed by atoms with Crippen LogP contribution >= 0.6 is 0 Å². The molecule has 0 heterocycles. The molecule has 1 aromatic carbocycles. The van der Waals surface area contributed by atoms with E-state index in [4.69, 9.17) is 9.84 Å². The Morgan fingerprint density at radius 3 is 2.29 bits per heavy atom. The van der Waals surface area contributed by atoms with Gasteiger partial charge in [0.1, 0.15) is 0 Å². The van der Waals surface area contributed by atoms with Gasteiger partial charge in [0.15, 0.2) is 11.5 Å². The van der Waals surface area contributed by atoms with Gasteiger partial charge in [0.2, 0.25) is 5.91 Å². The number of amides is 1. The molecule has 5 nitrogen and oxygen atoms in total. The van der Waals surface area contributed by atoms with Crippen molar-refractivity contribution >= 4 is 5.91 Å². The van der Waals surface area contributed by atoms with Gasteiger partial charge in [0.25, 0.3) is 0 Å². The van der Waals surface area contributed by atoms with Crippen LogP contribution in [0.4, 0.5) is 0 Å². The maximum absolute atomic E-state index is 12.0. The largest absolute Gasteiger partial charge is 0.504 e. The molecule has 0 unspecified atom stereocenters. The molecule has 0 saturated heterocycles. The van der Waals surface area contributed by atoms with Crippen LogP contribution in [0.5, 0.6) is 11.5 Å². The number of carbonyl (C=O) groups is 1. The molecule has 0 bridgehead atoms. The van der Waals surface area contributed by atoms with Gasteiger partial charge in [-0.1, -0.05) is 74.9 Å². The summed E-state index contributed by atoms with van der Waals surface area (Å²) in [6.45, 7) is 5.19. The molecule has 194 valence electrons. The molecule has 0 spiro atoms. The van der Waals surface area contributed by atoms with Crippen molar-refractivity contribution in [3.8, 4) is 11.5 Å². The average molecular weight is 484 g/mol. The van der Waals surface area contributed by atoms with Crippen LogP contribution in [0.2, 0.25) is 0 Å². The zero-order valence-corrected chi connectivity index (χ0v) is 21.8. The summed E-state index contributed by atoms with van der Waals surface area (Å²) in [7, 11) is 1.50. The molecule has 0 aliphatic carbocycles. The van der Waals surface area contributed by atoms with Gasteiger partial charge in [-0.25, -0.2) is 0 Å². The molecule has 0 aliphatic heterocycles. The monoisotopic (exact) mass is 483 g/mol. The SMILES string of the molecule is COc1cc(CNC(=O)CCC/C=C\C/C=C\C/C=C\C/C=C\C(C)(C)CCCCO)ccc1O. The standard InChI is InChI=1S/C30H45NO4/c1-30(2,22-16-17-23-32)21-15-13-11-9-7-5-4-6-8-10-12-14-18-29(34)31-25-26-19-20-27(33)28(24-26)35-3/h4-5,8-11,15,19-21,24,32-33H,6-7,12-14,16-18,22-23,25H2,1-3H3,(H,31,34)/b5-4-,10-8-,11-9-,21-15-. The van der Waals surface area contributed by atoms with Gasteiger partial charge in [0, 0.05) is 19.6 Å². The van der Waals surface area contributed by atoms with E-state index in [-0.39, 0.29) is 23.7 Å². The van der Waals surface area contributed by atoms with Crippen LogP contribution in [0.1, 0.15) is 77.2 Å². The van der Waals surface area contributed by atoms with Gasteiger partial charge in [-0.15, -0.1) is 0 Å². The fourth-order valence-electron chi connectivity index (χ4n) is 3.50. The van der Waals surface area contributed by atoms with Gasteiger partial charge in [-0.05, 0) is 68.1 Å². The Labute approximate surface area is 212 Å². The Bertz CT molecular complexity index is 837. The first-order valence-corrected chi connectivity index (χ1v) is 12.7. The van der Waals surface area contributed by atoms with Gasteiger partial charge in [-0.3, -0.25) is 4.79 Å². The molecule has 0 aliphatic rings. The number of aromatic hydroxyl groups is 1. The van der Waals surface area contributed by atoms with E-state index in [2.05, 4.69) is 67.8 Å². The first-order valence-electron chi connectivity index (χ1n) is 12.7. The number of allylic oxidation sites excluding steroid dienone is 8. The van der Waals surface area contributed by atoms with Crippen molar-refractivity contribution < 1.29 is 19.7 Å². The smallest absolute Gasteiger partial charge is 0.220 e. The van der Waals surface area contributed by atoms with Crippen molar-refractivity contribution in [2.24, 2.45) is 5.41 Å². The average Bonchev–Trinajstić information content (AvgIpc) is 2.83. The highest BCUT2D eigenvalue weighted by Gasteiger charge is 2.12. The van der Waals surface area contributed by atoms with Crippen LogP contribution in [0.25, 0.3) is 0 Å². The maximum atomic E-state index is 12.0. The van der Waals surface area contributed by atoms with Gasteiger partial charge in [0.05, 0.1) is 7.11 Å². The van der Waals surface area contributed by atoms with E-state index in [1.165, 1.54) is 7.11 Å². The van der Waals surface area contributed by atoms with E-state index in [1.807, 2.05) is 0 Å². The van der Waals surface area contributed by atoms with Crippen molar-refractivity contribution in [2.45, 2.75) is 78.2 Å². The number of rotatable bonds is 18. The number of hydrogen-bond donors (Lipinski definition) is 3. The number of methoxy groups -OCH3 is 1. The highest BCUT2D eigenvalue weighted by molar-refractivity contribution is 5.75. The second-order valence-corrected chi connectivity index (χ2v) is 9.37. The van der Waals surface area contributed by atoms with Crippen LogP contribution in [-0.2, 0) is 11.3 Å². The van der Waals surface area contributed by atoms with E-state index in [0.717, 1.165) is 56.9 Å². The fraction of sp³-hybridized carbons (Fsp3) is 0.500. The number of benzene rings is 1. The fourth-order valence-corrected chi connectivity index (χ4v) is 3.50. The number of aliphatic hydroxyl groups excluding tert-OH is 1. The molecular formula is C30H45NO4. The molecule has 5 heteroatoms. The molecule has 0 saturated carbocycles. The molecule has 0 radical (unpaired) electrons. The van der Waals surface area contributed by atoms with E-state index in [1.54, 1.807) is 18.2 Å². The molecular weight excluding hydrogens is 438 g/mol. The van der Waals surface area contributed by atoms with Crippen LogP contribution in [0.15, 0.2) is 66.8 Å². The molecule has 0 aromatic heterocycles. The van der Waals surface area contributed by atoms with Crippen LogP contribution in [0.3, 0.4) is 0 Å². The number of ether oxygens (including phenoxy) is 1. The molecule has 0 fully saturated rings. The quantitative estimate of drug-likeness (QED) is 0.159. The van der Waals surface area contributed by atoms with Crippen molar-refractivity contribution in [1.29, 1.82) is 0 Å². The summed E-state index contributed by atoms with van der Waals surface area (Å²) in [6, 6.07) is 5.06. The van der Waals surface area contributed by atoms with E-state index in [9.17, 15) is 9.90 Å². The van der Waals surface area contributed by atoms with Crippen molar-refractivity contribution in [2.75, 3.05) is 13.7 Å². The second kappa shape index (κ2) is 18.5. The van der Waals surface area contributed by atoms with E-state index >= 15 is 0 Å². The lowest BCUT2D eigenvalue weighted by Crippen LogP contribution is -2.22. The second-order valence-electron chi connectivity index (χ2n) is 9.37. The third-order valence-electron chi connectivity index (χ3n) is 5.62. The van der Waals surface area contributed by atoms with E-state index in [0.29, 0.717) is 18.7 Å². The summed E-state index contributed by atoms with van der Waals surface area (Å²) < 4.78 is 5.08. The summed E-state index contributed by atoms with van der Waals surface area (Å²) >= 11 is 0. The predicted octanol–water partition coefficient (Wildman–Crippen LogP) is 6.77. The lowest BCUT2D eigenvalue weighted by molar-refractivity contribution is -0.121. The lowest BCUT2D eigenvalue weighted by Gasteiger charge is -2.19. The Hall–Kier alpha value is -2.79. The highest BCUT2D eigenvalue weighted by atomic mass is 16.5. The number of phenolic OH excluding ortho intramolecular Hbond substituents is 1. The van der Waals surface area contributed by atoms with Crippen LogP contribution in [-0.4, -0.2) is 29.8 Å². The molecule has 0 atom stereocenters. The highest BCUT2D eigenvalue weighted by Crippen LogP contribution is 2.26. The lowest BCUT2D eigenvalue weighted by atomic mass is 9.86. The summed E-state index contributed by atoms with van der Waals surface area (Å²) in [5.74, 6) is 0.526. The van der Waals surface area contributed by atoms with E-state index < -0.39 is 0 Å². The first kappa shape index (κ1) is 30.2. The third kappa shape index (κ3) is 15.7. The summed E-state index contributed by atoms with van der Waals surface area (Å²) in [4.78, 5) is 12.0. The van der Waals surface area contributed by atoms with Crippen molar-refractivity contribution in [3.05, 3.63) is 72.4 Å². The third-order valence-corrected chi connectivity index (χ3v) is 5.62. The minimum Gasteiger partial charge on any atom is -0.504 e. The zero-order valence-electron chi connectivity index (χ0n) is 21.8. The Balaban J connectivity index is 2.08. The number of aliphatic hydroxyl groups is 1. The summed E-state index contributed by atoms with van der Waals surface area (Å²) in [5, 5.41) is 21.4. The van der Waals surface area contributed by atoms with Gasteiger partial charge in [-0.2, -0.15) is 0 Å². The molecule has 1 amide bonds. The molecule has 1 aromatic rings. The molecule has 35 heavy (non-hydrogen) atoms. The number of phenols is 1. The van der Waals surface area contributed by atoms with Gasteiger partial charge >= 0.3 is 0 Å². The summed E-state index contributed by atoms with van der Waals surface area (Å²) in [5.41, 5.74) is 1.09. The first-order chi connectivity index (χ1) is 16.9. The number of hydrogen-bond acceptors (Lipinski definition) is 4. The molecule has 1 rings (SSSR count). The Morgan fingerprint density at radius 1 is 0.971 bits per heavy atom. The maximum Gasteiger partial charge on any atom is 0.220 e. The molecule has 3 N–H and O–H groups in total. The zero-order chi connectivity index (χ0) is 25.8. The topological polar surface area (TPSA) is 78.8 Å². The Morgan fingerprint density at radius 2 is 1.63 bits per heavy atom. The van der Waals surface area contributed by atoms with Crippen LogP contribution < -0.4 is 10.1 Å². The van der Waals surface area contributed by atoms with Crippen molar-refractivity contribution in [1.82, 2.24) is 5.32 Å². The number of nitrogens with one attached hydrogen (secondary N) is 1. The van der Waals surface area contributed by atoms with Crippen molar-refractivity contribution in [3.63, 3.8) is 0 Å². The summed E-state index contributed by atoms with van der Waals surface area (Å²) in [6.07, 6.45) is 25.6. The predicted molar refractivity (Wildman–Crippen MR) is 145 cm³/mol.